The van der Waals surface area contributed by atoms with E-state index in [-0.39, 0.29) is 22.4 Å². The molecule has 2 aliphatic carbocycles. The van der Waals surface area contributed by atoms with Crippen LogP contribution in [0.1, 0.15) is 82.9 Å². The summed E-state index contributed by atoms with van der Waals surface area (Å²) in [7, 11) is 0. The summed E-state index contributed by atoms with van der Waals surface area (Å²) in [4.78, 5) is 27.3. The lowest BCUT2D eigenvalue weighted by molar-refractivity contribution is -0.120. The molecule has 206 valence electrons. The van der Waals surface area contributed by atoms with Crippen LogP contribution in [0.5, 0.6) is 11.5 Å². The lowest BCUT2D eigenvalue weighted by Crippen LogP contribution is -2.37. The summed E-state index contributed by atoms with van der Waals surface area (Å²) in [5.41, 5.74) is 3.91. The largest absolute Gasteiger partial charge is 0.490 e. The van der Waals surface area contributed by atoms with E-state index in [1.807, 2.05) is 31.2 Å². The first-order valence-electron chi connectivity index (χ1n) is 13.7. The highest BCUT2D eigenvalue weighted by molar-refractivity contribution is 9.10. The fourth-order valence-electron chi connectivity index (χ4n) is 6.01. The molecule has 0 fully saturated rings. The Bertz CT molecular complexity index is 1340. The topological polar surface area (TPSA) is 61.8 Å². The lowest BCUT2D eigenvalue weighted by Gasteiger charge is -2.42. The number of benzene rings is 2. The molecule has 0 unspecified atom stereocenters. The van der Waals surface area contributed by atoms with Crippen molar-refractivity contribution < 1.29 is 23.8 Å². The minimum atomic E-state index is -0.488. The van der Waals surface area contributed by atoms with Gasteiger partial charge in [0.15, 0.2) is 23.1 Å². The SMILES string of the molecule is CCOc1cc(C2C3=C(CC(C)(C)CC3=O)OC3=C2C(=O)CC(C)(C)C3)cc(Br)c1OCc1ccc(C)cc1. The van der Waals surface area contributed by atoms with E-state index in [4.69, 9.17) is 14.2 Å². The zero-order valence-electron chi connectivity index (χ0n) is 23.7. The Hall–Kier alpha value is -2.86. The van der Waals surface area contributed by atoms with Crippen LogP contribution in [0.15, 0.2) is 63.5 Å². The Kier molecular flexibility index (Phi) is 7.30. The molecule has 1 aliphatic heterocycles. The molecule has 0 bridgehead atoms. The van der Waals surface area contributed by atoms with E-state index in [1.165, 1.54) is 5.56 Å². The van der Waals surface area contributed by atoms with Gasteiger partial charge in [0.25, 0.3) is 0 Å². The predicted octanol–water partition coefficient (Wildman–Crippen LogP) is 8.14. The summed E-state index contributed by atoms with van der Waals surface area (Å²) < 4.78 is 19.5. The van der Waals surface area contributed by atoms with Crippen molar-refractivity contribution in [3.05, 3.63) is 80.2 Å². The highest BCUT2D eigenvalue weighted by Crippen LogP contribution is 2.54. The van der Waals surface area contributed by atoms with Crippen molar-refractivity contribution in [1.29, 1.82) is 0 Å². The van der Waals surface area contributed by atoms with Gasteiger partial charge in [0.05, 0.1) is 11.1 Å². The van der Waals surface area contributed by atoms with E-state index < -0.39 is 5.92 Å². The van der Waals surface area contributed by atoms with Crippen molar-refractivity contribution >= 4 is 27.5 Å². The van der Waals surface area contributed by atoms with E-state index in [0.717, 1.165) is 15.6 Å². The van der Waals surface area contributed by atoms with Crippen LogP contribution in [-0.4, -0.2) is 18.2 Å². The minimum absolute atomic E-state index is 0.0456. The number of hydrogen-bond donors (Lipinski definition) is 0. The summed E-state index contributed by atoms with van der Waals surface area (Å²) in [6.45, 7) is 13.2. The first-order chi connectivity index (χ1) is 18.4. The molecule has 1 heterocycles. The Balaban J connectivity index is 1.60. The standard InChI is InChI=1S/C33H37BrO5/c1-7-37-25-13-21(12-22(34)31(25)38-18-20-10-8-19(2)9-11-20)28-29-23(35)14-32(3,4)16-26(29)39-27-17-33(5,6)15-24(36)30(27)28/h8-13,28H,7,14-18H2,1-6H3. The van der Waals surface area contributed by atoms with Gasteiger partial charge in [0, 0.05) is 42.7 Å². The van der Waals surface area contributed by atoms with Gasteiger partial charge in [-0.1, -0.05) is 57.5 Å². The van der Waals surface area contributed by atoms with E-state index in [2.05, 4.69) is 62.7 Å². The molecule has 3 aliphatic rings. The van der Waals surface area contributed by atoms with Crippen LogP contribution >= 0.6 is 15.9 Å². The predicted molar refractivity (Wildman–Crippen MR) is 155 cm³/mol. The second-order valence-electron chi connectivity index (χ2n) is 12.6. The third-order valence-electron chi connectivity index (χ3n) is 7.75. The third-order valence-corrected chi connectivity index (χ3v) is 8.34. The van der Waals surface area contributed by atoms with E-state index in [1.54, 1.807) is 0 Å². The van der Waals surface area contributed by atoms with Crippen LogP contribution < -0.4 is 9.47 Å². The molecule has 0 aromatic heterocycles. The average Bonchev–Trinajstić information content (AvgIpc) is 2.81. The number of allylic oxidation sites excluding steroid dienone is 4. The molecule has 39 heavy (non-hydrogen) atoms. The second kappa shape index (κ2) is 10.3. The molecule has 0 amide bonds. The first kappa shape index (κ1) is 27.7. The van der Waals surface area contributed by atoms with Crippen molar-refractivity contribution in [3.8, 4) is 11.5 Å². The quantitative estimate of drug-likeness (QED) is 0.339. The van der Waals surface area contributed by atoms with Gasteiger partial charge in [-0.2, -0.15) is 0 Å². The molecule has 6 heteroatoms. The van der Waals surface area contributed by atoms with Crippen LogP contribution in [0.4, 0.5) is 0 Å². The van der Waals surface area contributed by atoms with Gasteiger partial charge in [-0.3, -0.25) is 9.59 Å². The number of Topliss-reactive ketones (excluding diaryl/α,β-unsaturated/α-hetero) is 2. The number of carbonyl (C=O) groups is 2. The number of halogens is 1. The van der Waals surface area contributed by atoms with Gasteiger partial charge in [0.2, 0.25) is 0 Å². The number of rotatable bonds is 6. The maximum atomic E-state index is 13.6. The summed E-state index contributed by atoms with van der Waals surface area (Å²) in [5.74, 6) is 2.20. The number of ketones is 2. The maximum Gasteiger partial charge on any atom is 0.175 e. The van der Waals surface area contributed by atoms with Crippen molar-refractivity contribution in [2.75, 3.05) is 6.61 Å². The van der Waals surface area contributed by atoms with Crippen molar-refractivity contribution in [2.45, 2.75) is 79.8 Å². The highest BCUT2D eigenvalue weighted by atomic mass is 79.9. The molecule has 0 saturated heterocycles. The average molecular weight is 594 g/mol. The molecule has 0 N–H and O–H groups in total. The van der Waals surface area contributed by atoms with E-state index in [0.29, 0.717) is 73.1 Å². The van der Waals surface area contributed by atoms with Crippen molar-refractivity contribution in [3.63, 3.8) is 0 Å². The van der Waals surface area contributed by atoms with Crippen LogP contribution in [0, 0.1) is 17.8 Å². The Morgan fingerprint density at radius 1 is 0.872 bits per heavy atom. The summed E-state index contributed by atoms with van der Waals surface area (Å²) in [6.07, 6.45) is 2.16. The van der Waals surface area contributed by atoms with Crippen LogP contribution in [0.25, 0.3) is 0 Å². The zero-order chi connectivity index (χ0) is 28.1. The van der Waals surface area contributed by atoms with Gasteiger partial charge in [0.1, 0.15) is 18.1 Å². The molecular weight excluding hydrogens is 556 g/mol. The van der Waals surface area contributed by atoms with Gasteiger partial charge >= 0.3 is 0 Å². The molecule has 0 atom stereocenters. The Morgan fingerprint density at radius 3 is 1.97 bits per heavy atom. The number of aryl methyl sites for hydroxylation is 1. The fourth-order valence-corrected chi connectivity index (χ4v) is 6.58. The first-order valence-corrected chi connectivity index (χ1v) is 14.5. The van der Waals surface area contributed by atoms with Crippen LogP contribution in [-0.2, 0) is 20.9 Å². The number of carbonyl (C=O) groups excluding carboxylic acids is 2. The molecule has 0 spiro atoms. The Morgan fingerprint density at radius 2 is 1.44 bits per heavy atom. The third kappa shape index (κ3) is 5.58. The molecule has 0 radical (unpaired) electrons. The summed E-state index contributed by atoms with van der Waals surface area (Å²) in [5, 5.41) is 0. The minimum Gasteiger partial charge on any atom is -0.490 e. The molecular formula is C33H37BrO5. The zero-order valence-corrected chi connectivity index (χ0v) is 25.3. The second-order valence-corrected chi connectivity index (χ2v) is 13.5. The monoisotopic (exact) mass is 592 g/mol. The van der Waals surface area contributed by atoms with Crippen LogP contribution in [0.3, 0.4) is 0 Å². The summed E-state index contributed by atoms with van der Waals surface area (Å²) >= 11 is 3.72. The van der Waals surface area contributed by atoms with Gasteiger partial charge in [-0.25, -0.2) is 0 Å². The highest BCUT2D eigenvalue weighted by Gasteiger charge is 2.48. The fraction of sp³-hybridized carbons (Fsp3) is 0.455. The number of hydrogen-bond acceptors (Lipinski definition) is 5. The van der Waals surface area contributed by atoms with Crippen LogP contribution in [0.2, 0.25) is 0 Å². The molecule has 5 nitrogen and oxygen atoms in total. The number of ether oxygens (including phenoxy) is 3. The molecule has 2 aromatic rings. The maximum absolute atomic E-state index is 13.6. The smallest absolute Gasteiger partial charge is 0.175 e. The molecule has 0 saturated carbocycles. The van der Waals surface area contributed by atoms with Crippen molar-refractivity contribution in [2.24, 2.45) is 10.8 Å². The molecule has 5 rings (SSSR count). The summed E-state index contributed by atoms with van der Waals surface area (Å²) in [6, 6.07) is 12.1. The normalized spacial score (nSPS) is 20.4. The van der Waals surface area contributed by atoms with Gasteiger partial charge in [-0.05, 0) is 63.9 Å². The lowest BCUT2D eigenvalue weighted by atomic mass is 9.65. The van der Waals surface area contributed by atoms with E-state index in [9.17, 15) is 9.59 Å². The van der Waals surface area contributed by atoms with E-state index >= 15 is 0 Å². The van der Waals surface area contributed by atoms with Gasteiger partial charge < -0.3 is 14.2 Å². The Labute approximate surface area is 239 Å². The molecule has 2 aromatic carbocycles. The van der Waals surface area contributed by atoms with Crippen molar-refractivity contribution in [1.82, 2.24) is 0 Å². The van der Waals surface area contributed by atoms with Gasteiger partial charge in [-0.15, -0.1) is 0 Å².